The number of nitrogens with zero attached hydrogens (tertiary/aromatic N) is 2. The van der Waals surface area contributed by atoms with Crippen LogP contribution in [0.15, 0.2) is 53.9 Å². The fraction of sp³-hybridized carbons (Fsp3) is 0.348. The van der Waals surface area contributed by atoms with Crippen molar-refractivity contribution in [2.45, 2.75) is 13.5 Å². The van der Waals surface area contributed by atoms with Crippen molar-refractivity contribution in [2.75, 3.05) is 50.1 Å². The number of nitrogens with one attached hydrogen (secondary N) is 2. The quantitative estimate of drug-likeness (QED) is 0.581. The Morgan fingerprint density at radius 3 is 2.60 bits per heavy atom. The topological polar surface area (TPSA) is 51.1 Å². The Bertz CT molecular complexity index is 936. The number of hydrogen-bond donors (Lipinski definition) is 2. The van der Waals surface area contributed by atoms with Crippen LogP contribution in [0, 0.1) is 0 Å². The van der Waals surface area contributed by atoms with E-state index in [-0.39, 0.29) is 0 Å². The van der Waals surface area contributed by atoms with Crippen LogP contribution in [-0.4, -0.2) is 44.9 Å². The van der Waals surface area contributed by atoms with Gasteiger partial charge in [-0.3, -0.25) is 0 Å². The van der Waals surface area contributed by atoms with Crippen molar-refractivity contribution in [1.29, 1.82) is 0 Å². The molecular weight excluding hydrogens is 396 g/mol. The van der Waals surface area contributed by atoms with E-state index in [0.717, 1.165) is 60.7 Å². The summed E-state index contributed by atoms with van der Waals surface area (Å²) >= 11 is 1.65. The van der Waals surface area contributed by atoms with E-state index in [0.29, 0.717) is 6.61 Å². The predicted molar refractivity (Wildman–Crippen MR) is 123 cm³/mol. The average molecular weight is 426 g/mol. The molecule has 1 aliphatic rings. The lowest BCUT2D eigenvalue weighted by molar-refractivity contribution is -0.914. The van der Waals surface area contributed by atoms with Gasteiger partial charge in [-0.1, -0.05) is 12.1 Å². The van der Waals surface area contributed by atoms with Crippen LogP contribution in [0.5, 0.6) is 11.5 Å². The zero-order valence-corrected chi connectivity index (χ0v) is 18.4. The van der Waals surface area contributed by atoms with Crippen molar-refractivity contribution in [1.82, 2.24) is 4.98 Å². The maximum absolute atomic E-state index is 5.81. The highest BCUT2D eigenvalue weighted by atomic mass is 32.1. The highest BCUT2D eigenvalue weighted by Gasteiger charge is 2.23. The van der Waals surface area contributed by atoms with Crippen LogP contribution < -0.4 is 24.6 Å². The molecule has 0 bridgehead atoms. The summed E-state index contributed by atoms with van der Waals surface area (Å²) in [5, 5.41) is 6.47. The van der Waals surface area contributed by atoms with Crippen molar-refractivity contribution in [3.8, 4) is 11.5 Å². The van der Waals surface area contributed by atoms with E-state index in [9.17, 15) is 0 Å². The summed E-state index contributed by atoms with van der Waals surface area (Å²) in [5.74, 6) is 1.84. The monoisotopic (exact) mass is 425 g/mol. The number of ether oxygens (including phenoxy) is 2. The second kappa shape index (κ2) is 9.82. The number of benzene rings is 2. The molecule has 0 radical (unpaired) electrons. The number of anilines is 3. The standard InChI is InChI=1S/C23H28N4O2S/c1-3-29-22-7-5-4-6-21(22)27-14-12-26(13-15-27)16-19-17-30-23(25-19)24-18-8-10-20(28-2)11-9-18/h4-11,17H,3,12-16H2,1-2H3,(H,24,25)/p+1. The van der Waals surface area contributed by atoms with Crippen LogP contribution in [-0.2, 0) is 6.54 Å². The van der Waals surface area contributed by atoms with Crippen molar-refractivity contribution in [3.05, 3.63) is 59.6 Å². The molecule has 0 aliphatic carbocycles. The van der Waals surface area contributed by atoms with Gasteiger partial charge in [-0.2, -0.15) is 0 Å². The number of aromatic nitrogens is 1. The summed E-state index contributed by atoms with van der Waals surface area (Å²) in [6.07, 6.45) is 0. The van der Waals surface area contributed by atoms with Gasteiger partial charge in [0.1, 0.15) is 23.7 Å². The molecule has 1 fully saturated rings. The largest absolute Gasteiger partial charge is 0.497 e. The highest BCUT2D eigenvalue weighted by molar-refractivity contribution is 7.13. The number of piperazine rings is 1. The van der Waals surface area contributed by atoms with Crippen LogP contribution in [0.25, 0.3) is 0 Å². The molecule has 0 amide bonds. The molecule has 7 heteroatoms. The average Bonchev–Trinajstić information content (AvgIpc) is 3.22. The molecule has 30 heavy (non-hydrogen) atoms. The summed E-state index contributed by atoms with van der Waals surface area (Å²) < 4.78 is 11.0. The van der Waals surface area contributed by atoms with Gasteiger partial charge in [0.25, 0.3) is 0 Å². The first-order chi connectivity index (χ1) is 14.7. The number of methoxy groups -OCH3 is 1. The molecule has 2 aromatic carbocycles. The molecule has 0 unspecified atom stereocenters. The fourth-order valence-corrected chi connectivity index (χ4v) is 4.47. The van der Waals surface area contributed by atoms with Crippen LogP contribution in [0.3, 0.4) is 0 Å². The zero-order chi connectivity index (χ0) is 20.8. The maximum atomic E-state index is 5.81. The summed E-state index contributed by atoms with van der Waals surface area (Å²) in [5.41, 5.74) is 3.37. The fourth-order valence-electron chi connectivity index (χ4n) is 3.74. The third-order valence-electron chi connectivity index (χ3n) is 5.30. The lowest BCUT2D eigenvalue weighted by atomic mass is 10.2. The summed E-state index contributed by atoms with van der Waals surface area (Å²) in [7, 11) is 1.68. The summed E-state index contributed by atoms with van der Waals surface area (Å²) in [6, 6.07) is 16.3. The first-order valence-electron chi connectivity index (χ1n) is 10.4. The minimum absolute atomic E-state index is 0.693. The SMILES string of the molecule is CCOc1ccccc1N1CC[NH+](Cc2csc(Nc3ccc(OC)cc3)n2)CC1. The smallest absolute Gasteiger partial charge is 0.187 e. The van der Waals surface area contributed by atoms with Gasteiger partial charge in [0.05, 0.1) is 45.6 Å². The molecule has 158 valence electrons. The minimum Gasteiger partial charge on any atom is -0.497 e. The molecule has 1 aliphatic heterocycles. The zero-order valence-electron chi connectivity index (χ0n) is 17.6. The lowest BCUT2D eigenvalue weighted by Gasteiger charge is -2.34. The highest BCUT2D eigenvalue weighted by Crippen LogP contribution is 2.28. The van der Waals surface area contributed by atoms with Gasteiger partial charge in [-0.05, 0) is 43.3 Å². The van der Waals surface area contributed by atoms with Gasteiger partial charge in [0.2, 0.25) is 0 Å². The van der Waals surface area contributed by atoms with Crippen LogP contribution in [0.2, 0.25) is 0 Å². The number of hydrogen-bond acceptors (Lipinski definition) is 6. The van der Waals surface area contributed by atoms with E-state index < -0.39 is 0 Å². The Balaban J connectivity index is 1.30. The first-order valence-corrected chi connectivity index (χ1v) is 11.3. The third-order valence-corrected chi connectivity index (χ3v) is 6.11. The van der Waals surface area contributed by atoms with Gasteiger partial charge in [0, 0.05) is 11.1 Å². The van der Waals surface area contributed by atoms with Gasteiger partial charge in [-0.25, -0.2) is 4.98 Å². The minimum atomic E-state index is 0.693. The third kappa shape index (κ3) is 5.04. The molecule has 4 rings (SSSR count). The van der Waals surface area contributed by atoms with Crippen molar-refractivity contribution >= 4 is 27.8 Å². The molecular formula is C23H29N4O2S+. The van der Waals surface area contributed by atoms with Crippen molar-refractivity contribution < 1.29 is 14.4 Å². The van der Waals surface area contributed by atoms with Crippen LogP contribution in [0.4, 0.5) is 16.5 Å². The second-order valence-electron chi connectivity index (χ2n) is 7.31. The van der Waals surface area contributed by atoms with Crippen LogP contribution >= 0.6 is 11.3 Å². The molecule has 1 saturated heterocycles. The molecule has 6 nitrogen and oxygen atoms in total. The van der Waals surface area contributed by atoms with E-state index in [1.807, 2.05) is 37.3 Å². The van der Waals surface area contributed by atoms with Crippen molar-refractivity contribution in [2.24, 2.45) is 0 Å². The number of thiazole rings is 1. The van der Waals surface area contributed by atoms with E-state index in [1.165, 1.54) is 5.69 Å². The van der Waals surface area contributed by atoms with Crippen molar-refractivity contribution in [3.63, 3.8) is 0 Å². The molecule has 2 N–H and O–H groups in total. The molecule has 0 atom stereocenters. The van der Waals surface area contributed by atoms with E-state index in [2.05, 4.69) is 33.8 Å². The molecule has 0 spiro atoms. The van der Waals surface area contributed by atoms with Crippen LogP contribution in [0.1, 0.15) is 12.6 Å². The Kier molecular flexibility index (Phi) is 6.71. The van der Waals surface area contributed by atoms with E-state index in [1.54, 1.807) is 23.3 Å². The number of para-hydroxylation sites is 2. The van der Waals surface area contributed by atoms with Gasteiger partial charge < -0.3 is 24.6 Å². The Morgan fingerprint density at radius 1 is 1.10 bits per heavy atom. The maximum Gasteiger partial charge on any atom is 0.187 e. The summed E-state index contributed by atoms with van der Waals surface area (Å²) in [6.45, 7) is 7.94. The first kappa shape index (κ1) is 20.5. The molecule has 3 aromatic rings. The van der Waals surface area contributed by atoms with Gasteiger partial charge in [-0.15, -0.1) is 11.3 Å². The number of rotatable bonds is 8. The summed E-state index contributed by atoms with van der Waals surface area (Å²) in [4.78, 5) is 8.79. The Morgan fingerprint density at radius 2 is 1.87 bits per heavy atom. The Labute approximate surface area is 182 Å². The second-order valence-corrected chi connectivity index (χ2v) is 8.17. The Hall–Kier alpha value is -2.77. The molecule has 2 heterocycles. The van der Waals surface area contributed by atoms with Gasteiger partial charge >= 0.3 is 0 Å². The number of quaternary nitrogens is 1. The van der Waals surface area contributed by atoms with E-state index in [4.69, 9.17) is 14.5 Å². The molecule has 1 aromatic heterocycles. The molecule has 0 saturated carbocycles. The predicted octanol–water partition coefficient (Wildman–Crippen LogP) is 3.20. The lowest BCUT2D eigenvalue weighted by Crippen LogP contribution is -3.13. The van der Waals surface area contributed by atoms with Gasteiger partial charge in [0.15, 0.2) is 5.13 Å². The van der Waals surface area contributed by atoms with E-state index >= 15 is 0 Å². The normalized spacial score (nSPS) is 14.5.